The number of benzene rings is 1. The zero-order valence-corrected chi connectivity index (χ0v) is 12.6. The third-order valence-electron chi connectivity index (χ3n) is 6.91. The van der Waals surface area contributed by atoms with Crippen LogP contribution in [-0.4, -0.2) is 12.6 Å². The molecule has 0 amide bonds. The summed E-state index contributed by atoms with van der Waals surface area (Å²) in [4.78, 5) is 0. The van der Waals surface area contributed by atoms with Gasteiger partial charge in [-0.15, -0.1) is 0 Å². The second-order valence-electron chi connectivity index (χ2n) is 7.66. The average Bonchev–Trinajstić information content (AvgIpc) is 3.17. The van der Waals surface area contributed by atoms with Crippen molar-refractivity contribution in [1.82, 2.24) is 5.43 Å². The third kappa shape index (κ3) is 1.67. The van der Waals surface area contributed by atoms with Crippen LogP contribution < -0.4 is 10.4 Å². The smallest absolute Gasteiger partial charge is 0.150 e. The molecule has 0 aromatic heterocycles. The number of hydrazine groups is 1. The lowest BCUT2D eigenvalue weighted by atomic mass is 9.66. The highest BCUT2D eigenvalue weighted by Crippen LogP contribution is 2.62. The largest absolute Gasteiger partial charge is 0.302 e. The van der Waals surface area contributed by atoms with Crippen LogP contribution in [0, 0.1) is 41.2 Å². The van der Waals surface area contributed by atoms with Crippen molar-refractivity contribution >= 4 is 5.69 Å². The molecule has 22 heavy (non-hydrogen) atoms. The number of nitrogens with one attached hydrogen (secondary N) is 1. The predicted molar refractivity (Wildman–Crippen MR) is 81.2 cm³/mol. The van der Waals surface area contributed by atoms with Gasteiger partial charge < -0.3 is 5.01 Å². The van der Waals surface area contributed by atoms with Gasteiger partial charge in [0, 0.05) is 12.6 Å². The van der Waals surface area contributed by atoms with Gasteiger partial charge >= 0.3 is 0 Å². The van der Waals surface area contributed by atoms with E-state index in [9.17, 15) is 8.78 Å². The van der Waals surface area contributed by atoms with E-state index in [1.165, 1.54) is 38.2 Å². The van der Waals surface area contributed by atoms with Crippen LogP contribution in [0.3, 0.4) is 0 Å². The molecular weight excluding hydrogens is 282 g/mol. The molecular formula is C18H22F2N2. The highest BCUT2D eigenvalue weighted by Gasteiger charge is 2.61. The van der Waals surface area contributed by atoms with Crippen LogP contribution in [0.25, 0.3) is 0 Å². The molecule has 1 saturated heterocycles. The number of anilines is 1. The number of hydrogen-bond acceptors (Lipinski definition) is 2. The van der Waals surface area contributed by atoms with Gasteiger partial charge in [0.1, 0.15) is 5.82 Å². The lowest BCUT2D eigenvalue weighted by Crippen LogP contribution is -2.46. The van der Waals surface area contributed by atoms with E-state index < -0.39 is 11.6 Å². The summed E-state index contributed by atoms with van der Waals surface area (Å²) in [6, 6.07) is 4.36. The minimum absolute atomic E-state index is 0.407. The Kier molecular flexibility index (Phi) is 2.82. The molecule has 1 N–H and O–H groups in total. The molecule has 1 heterocycles. The van der Waals surface area contributed by atoms with Crippen molar-refractivity contribution in [1.29, 1.82) is 0 Å². The normalized spacial score (nSPS) is 42.5. The summed E-state index contributed by atoms with van der Waals surface area (Å²) in [5.41, 5.74) is 3.94. The van der Waals surface area contributed by atoms with Gasteiger partial charge in [0.2, 0.25) is 0 Å². The number of rotatable bonds is 1. The van der Waals surface area contributed by atoms with E-state index in [0.717, 1.165) is 30.4 Å². The van der Waals surface area contributed by atoms with Gasteiger partial charge in [0.05, 0.1) is 11.7 Å². The zero-order chi connectivity index (χ0) is 14.8. The number of nitrogens with zero attached hydrogens (tertiary/aromatic N) is 1. The molecule has 4 aliphatic rings. The number of halogens is 2. The molecule has 6 unspecified atom stereocenters. The maximum absolute atomic E-state index is 14.2. The molecule has 4 fully saturated rings. The maximum Gasteiger partial charge on any atom is 0.150 e. The van der Waals surface area contributed by atoms with E-state index in [4.69, 9.17) is 0 Å². The molecule has 3 aliphatic carbocycles. The Hall–Kier alpha value is -1.16. The Bertz CT molecular complexity index is 605. The summed E-state index contributed by atoms with van der Waals surface area (Å²) in [5, 5.41) is 2.04. The predicted octanol–water partition coefficient (Wildman–Crippen LogP) is 3.73. The molecule has 6 atom stereocenters. The number of fused-ring (bicyclic) bond motifs is 8. The fraction of sp³-hybridized carbons (Fsp3) is 0.667. The quantitative estimate of drug-likeness (QED) is 0.850. The van der Waals surface area contributed by atoms with E-state index in [2.05, 4.69) is 5.43 Å². The molecule has 2 nitrogen and oxygen atoms in total. The summed E-state index contributed by atoms with van der Waals surface area (Å²) in [6.45, 7) is 0.950. The first-order valence-corrected chi connectivity index (χ1v) is 8.72. The lowest BCUT2D eigenvalue weighted by Gasteiger charge is -2.42. The highest BCUT2D eigenvalue weighted by atomic mass is 19.1. The number of hydrogen-bond donors (Lipinski definition) is 1. The average molecular weight is 304 g/mol. The standard InChI is InChI=1S/C18H22F2N2/c19-10-5-6-17(16(20)7-10)22-18-14-8-13(15(18)9-21-22)11-3-1-2-4-12(11)14/h5-7,11-15,18,21H,1-4,8-9H2. The molecule has 0 radical (unpaired) electrons. The van der Waals surface area contributed by atoms with E-state index in [1.54, 1.807) is 6.07 Å². The van der Waals surface area contributed by atoms with Crippen molar-refractivity contribution in [3.05, 3.63) is 29.8 Å². The first-order valence-electron chi connectivity index (χ1n) is 8.72. The summed E-state index contributed by atoms with van der Waals surface area (Å²) < 4.78 is 27.4. The van der Waals surface area contributed by atoms with Crippen LogP contribution in [0.15, 0.2) is 18.2 Å². The van der Waals surface area contributed by atoms with E-state index in [-0.39, 0.29) is 0 Å². The van der Waals surface area contributed by atoms with E-state index in [0.29, 0.717) is 23.6 Å². The molecule has 118 valence electrons. The van der Waals surface area contributed by atoms with Gasteiger partial charge in [-0.1, -0.05) is 12.8 Å². The van der Waals surface area contributed by atoms with Crippen molar-refractivity contribution in [2.45, 2.75) is 38.1 Å². The molecule has 2 bridgehead atoms. The maximum atomic E-state index is 14.2. The highest BCUT2D eigenvalue weighted by molar-refractivity contribution is 5.50. The molecule has 1 aliphatic heterocycles. The summed E-state index contributed by atoms with van der Waals surface area (Å²) in [5.74, 6) is 2.97. The first-order chi connectivity index (χ1) is 10.7. The Balaban J connectivity index is 1.49. The van der Waals surface area contributed by atoms with Gasteiger partial charge in [-0.2, -0.15) is 0 Å². The zero-order valence-electron chi connectivity index (χ0n) is 12.6. The molecule has 5 rings (SSSR count). The minimum Gasteiger partial charge on any atom is -0.302 e. The second kappa shape index (κ2) is 4.67. The lowest BCUT2D eigenvalue weighted by molar-refractivity contribution is 0.113. The van der Waals surface area contributed by atoms with Crippen LogP contribution in [0.2, 0.25) is 0 Å². The van der Waals surface area contributed by atoms with Crippen molar-refractivity contribution in [3.8, 4) is 0 Å². The van der Waals surface area contributed by atoms with Crippen molar-refractivity contribution in [2.24, 2.45) is 29.6 Å². The Morgan fingerprint density at radius 1 is 0.955 bits per heavy atom. The fourth-order valence-corrected chi connectivity index (χ4v) is 6.26. The SMILES string of the molecule is Fc1ccc(N2NCC3C4CC(C5CCCCC45)C32)c(F)c1. The Morgan fingerprint density at radius 2 is 1.73 bits per heavy atom. The second-order valence-corrected chi connectivity index (χ2v) is 7.66. The fourth-order valence-electron chi connectivity index (χ4n) is 6.26. The topological polar surface area (TPSA) is 15.3 Å². The first kappa shape index (κ1) is 13.3. The summed E-state index contributed by atoms with van der Waals surface area (Å²) in [7, 11) is 0. The molecule has 1 aromatic carbocycles. The Morgan fingerprint density at radius 3 is 2.50 bits per heavy atom. The van der Waals surface area contributed by atoms with Crippen LogP contribution in [0.4, 0.5) is 14.5 Å². The molecule has 1 aromatic rings. The third-order valence-corrected chi connectivity index (χ3v) is 6.91. The van der Waals surface area contributed by atoms with Crippen LogP contribution >= 0.6 is 0 Å². The van der Waals surface area contributed by atoms with Crippen molar-refractivity contribution in [3.63, 3.8) is 0 Å². The van der Waals surface area contributed by atoms with Gasteiger partial charge in [-0.25, -0.2) is 14.2 Å². The van der Waals surface area contributed by atoms with Crippen LogP contribution in [-0.2, 0) is 0 Å². The van der Waals surface area contributed by atoms with Gasteiger partial charge in [-0.3, -0.25) is 0 Å². The summed E-state index contributed by atoms with van der Waals surface area (Å²) in [6.07, 6.45) is 6.84. The van der Waals surface area contributed by atoms with Crippen LogP contribution in [0.5, 0.6) is 0 Å². The molecule has 4 heteroatoms. The monoisotopic (exact) mass is 304 g/mol. The van der Waals surface area contributed by atoms with Gasteiger partial charge in [0.15, 0.2) is 5.82 Å². The van der Waals surface area contributed by atoms with Crippen LogP contribution in [0.1, 0.15) is 32.1 Å². The summed E-state index contributed by atoms with van der Waals surface area (Å²) >= 11 is 0. The van der Waals surface area contributed by atoms with Crippen molar-refractivity contribution < 1.29 is 8.78 Å². The molecule has 0 spiro atoms. The Labute approximate surface area is 129 Å². The van der Waals surface area contributed by atoms with E-state index >= 15 is 0 Å². The molecule has 3 saturated carbocycles. The van der Waals surface area contributed by atoms with Gasteiger partial charge in [-0.05, 0) is 61.0 Å². The van der Waals surface area contributed by atoms with Crippen molar-refractivity contribution in [2.75, 3.05) is 11.6 Å². The minimum atomic E-state index is -0.503. The van der Waals surface area contributed by atoms with Gasteiger partial charge in [0.25, 0.3) is 0 Å². The van der Waals surface area contributed by atoms with E-state index in [1.807, 2.05) is 5.01 Å².